The Morgan fingerprint density at radius 2 is 2.62 bits per heavy atom. The average Bonchev–Trinajstić information content (AvgIpc) is 2.69. The van der Waals surface area contributed by atoms with Crippen LogP contribution in [-0.4, -0.2) is 27.7 Å². The van der Waals surface area contributed by atoms with Gasteiger partial charge in [0.1, 0.15) is 5.82 Å². The zero-order chi connectivity index (χ0) is 8.93. The van der Waals surface area contributed by atoms with Crippen molar-refractivity contribution >= 4 is 17.6 Å². The van der Waals surface area contributed by atoms with Crippen molar-refractivity contribution in [2.75, 3.05) is 17.6 Å². The van der Waals surface area contributed by atoms with Crippen molar-refractivity contribution in [3.8, 4) is 0 Å². The van der Waals surface area contributed by atoms with E-state index >= 15 is 0 Å². The van der Waals surface area contributed by atoms with Crippen molar-refractivity contribution in [3.05, 3.63) is 18.3 Å². The first kappa shape index (κ1) is 8.81. The summed E-state index contributed by atoms with van der Waals surface area (Å²) in [4.78, 5) is 0. The molecule has 2 heterocycles. The van der Waals surface area contributed by atoms with E-state index in [1.54, 1.807) is 6.20 Å². The van der Waals surface area contributed by atoms with E-state index in [2.05, 4.69) is 27.3 Å². The Hall–Kier alpha value is -0.770. The van der Waals surface area contributed by atoms with Gasteiger partial charge in [-0.1, -0.05) is 0 Å². The van der Waals surface area contributed by atoms with E-state index in [0.29, 0.717) is 0 Å². The maximum atomic E-state index is 3.97. The Kier molecular flexibility index (Phi) is 3.02. The summed E-state index contributed by atoms with van der Waals surface area (Å²) in [6.45, 7) is 1.02. The molecule has 1 fully saturated rings. The van der Waals surface area contributed by atoms with Gasteiger partial charge in [-0.25, -0.2) is 0 Å². The minimum absolute atomic E-state index is 0.766. The number of hydrogen-bond acceptors (Lipinski definition) is 4. The van der Waals surface area contributed by atoms with Crippen LogP contribution in [0.3, 0.4) is 0 Å². The van der Waals surface area contributed by atoms with Crippen LogP contribution in [0.5, 0.6) is 0 Å². The van der Waals surface area contributed by atoms with Crippen molar-refractivity contribution in [1.82, 2.24) is 10.2 Å². The molecule has 1 unspecified atom stereocenters. The Balaban J connectivity index is 1.79. The fourth-order valence-electron chi connectivity index (χ4n) is 1.42. The van der Waals surface area contributed by atoms with Gasteiger partial charge in [0.2, 0.25) is 0 Å². The van der Waals surface area contributed by atoms with E-state index in [1.165, 1.54) is 18.6 Å². The quantitative estimate of drug-likeness (QED) is 0.798. The van der Waals surface area contributed by atoms with Crippen LogP contribution in [0.15, 0.2) is 18.3 Å². The van der Waals surface area contributed by atoms with Gasteiger partial charge in [-0.05, 0) is 30.7 Å². The third-order valence-electron chi connectivity index (χ3n) is 2.11. The molecule has 1 aromatic heterocycles. The highest BCUT2D eigenvalue weighted by Gasteiger charge is 2.14. The summed E-state index contributed by atoms with van der Waals surface area (Å²) >= 11 is 2.05. The fraction of sp³-hybridized carbons (Fsp3) is 0.556. The van der Waals surface area contributed by atoms with E-state index in [1.807, 2.05) is 12.1 Å². The highest BCUT2D eigenvalue weighted by Crippen LogP contribution is 2.25. The molecule has 0 saturated carbocycles. The average molecular weight is 195 g/mol. The zero-order valence-electron chi connectivity index (χ0n) is 7.44. The molecule has 13 heavy (non-hydrogen) atoms. The molecular formula is C9H13N3S. The van der Waals surface area contributed by atoms with E-state index in [-0.39, 0.29) is 0 Å². The SMILES string of the molecule is c1cnnc(NCC2CCCS2)c1. The second-order valence-electron chi connectivity index (χ2n) is 3.12. The van der Waals surface area contributed by atoms with Crippen LogP contribution < -0.4 is 5.32 Å². The van der Waals surface area contributed by atoms with Gasteiger partial charge in [0.15, 0.2) is 0 Å². The first-order valence-corrected chi connectivity index (χ1v) is 5.63. The Morgan fingerprint density at radius 3 is 3.31 bits per heavy atom. The Bertz CT molecular complexity index is 246. The van der Waals surface area contributed by atoms with Gasteiger partial charge in [0, 0.05) is 18.0 Å². The van der Waals surface area contributed by atoms with Crippen LogP contribution in [0.25, 0.3) is 0 Å². The number of hydrogen-bond donors (Lipinski definition) is 1. The van der Waals surface area contributed by atoms with Gasteiger partial charge >= 0.3 is 0 Å². The van der Waals surface area contributed by atoms with Crippen LogP contribution in [0.2, 0.25) is 0 Å². The highest BCUT2D eigenvalue weighted by atomic mass is 32.2. The molecule has 2 rings (SSSR count). The molecule has 1 aliphatic heterocycles. The molecule has 0 amide bonds. The molecule has 0 aromatic carbocycles. The van der Waals surface area contributed by atoms with Gasteiger partial charge < -0.3 is 5.32 Å². The predicted molar refractivity (Wildman–Crippen MR) is 56.0 cm³/mol. The van der Waals surface area contributed by atoms with Crippen LogP contribution in [0.4, 0.5) is 5.82 Å². The van der Waals surface area contributed by atoms with Crippen LogP contribution >= 0.6 is 11.8 Å². The molecular weight excluding hydrogens is 182 g/mol. The van der Waals surface area contributed by atoms with E-state index in [4.69, 9.17) is 0 Å². The maximum Gasteiger partial charge on any atom is 0.148 e. The minimum Gasteiger partial charge on any atom is -0.367 e. The Labute approximate surface area is 82.3 Å². The molecule has 4 heteroatoms. The third kappa shape index (κ3) is 2.59. The van der Waals surface area contributed by atoms with Crippen LogP contribution in [0, 0.1) is 0 Å². The lowest BCUT2D eigenvalue weighted by atomic mass is 10.2. The van der Waals surface area contributed by atoms with Gasteiger partial charge in [-0.2, -0.15) is 16.9 Å². The highest BCUT2D eigenvalue weighted by molar-refractivity contribution is 8.00. The van der Waals surface area contributed by atoms with Crippen molar-refractivity contribution in [3.63, 3.8) is 0 Å². The van der Waals surface area contributed by atoms with E-state index in [0.717, 1.165) is 17.6 Å². The molecule has 70 valence electrons. The molecule has 1 aromatic rings. The number of nitrogens with one attached hydrogen (secondary N) is 1. The van der Waals surface area contributed by atoms with E-state index in [9.17, 15) is 0 Å². The number of thioether (sulfide) groups is 1. The first-order chi connectivity index (χ1) is 6.45. The van der Waals surface area contributed by atoms with E-state index < -0.39 is 0 Å². The third-order valence-corrected chi connectivity index (χ3v) is 3.51. The summed E-state index contributed by atoms with van der Waals surface area (Å²) < 4.78 is 0. The Morgan fingerprint density at radius 1 is 1.62 bits per heavy atom. The normalized spacial score (nSPS) is 21.7. The van der Waals surface area contributed by atoms with Crippen LogP contribution in [-0.2, 0) is 0 Å². The smallest absolute Gasteiger partial charge is 0.148 e. The summed E-state index contributed by atoms with van der Waals surface area (Å²) in [6, 6.07) is 3.85. The molecule has 3 nitrogen and oxygen atoms in total. The molecule has 1 atom stereocenters. The topological polar surface area (TPSA) is 37.8 Å². The molecule has 0 bridgehead atoms. The molecule has 0 aliphatic carbocycles. The zero-order valence-corrected chi connectivity index (χ0v) is 8.26. The van der Waals surface area contributed by atoms with Gasteiger partial charge in [0.25, 0.3) is 0 Å². The number of nitrogens with zero attached hydrogens (tertiary/aromatic N) is 2. The number of rotatable bonds is 3. The van der Waals surface area contributed by atoms with Gasteiger partial charge in [-0.3, -0.25) is 0 Å². The van der Waals surface area contributed by atoms with Gasteiger partial charge in [-0.15, -0.1) is 5.10 Å². The summed E-state index contributed by atoms with van der Waals surface area (Å²) in [7, 11) is 0. The monoisotopic (exact) mass is 195 g/mol. The number of anilines is 1. The summed E-state index contributed by atoms with van der Waals surface area (Å²) in [5.74, 6) is 2.20. The second kappa shape index (κ2) is 4.46. The standard InChI is InChI=1S/C9H13N3S/c1-4-9(12-11-5-1)10-7-8-3-2-6-13-8/h1,4-5,8H,2-3,6-7H2,(H,10,12). The maximum absolute atomic E-state index is 3.97. The predicted octanol–water partition coefficient (Wildman–Crippen LogP) is 1.78. The second-order valence-corrected chi connectivity index (χ2v) is 4.53. The lowest BCUT2D eigenvalue weighted by Gasteiger charge is -2.09. The molecule has 0 radical (unpaired) electrons. The minimum atomic E-state index is 0.766. The van der Waals surface area contributed by atoms with Crippen LogP contribution in [0.1, 0.15) is 12.8 Å². The summed E-state index contributed by atoms with van der Waals surface area (Å²) in [5.41, 5.74) is 0. The van der Waals surface area contributed by atoms with Crippen molar-refractivity contribution < 1.29 is 0 Å². The lowest BCUT2D eigenvalue weighted by molar-refractivity contribution is 0.801. The molecule has 1 aliphatic rings. The fourth-order valence-corrected chi connectivity index (χ4v) is 2.62. The first-order valence-electron chi connectivity index (χ1n) is 4.58. The number of aromatic nitrogens is 2. The molecule has 1 saturated heterocycles. The van der Waals surface area contributed by atoms with Crippen molar-refractivity contribution in [1.29, 1.82) is 0 Å². The van der Waals surface area contributed by atoms with Crippen molar-refractivity contribution in [2.24, 2.45) is 0 Å². The van der Waals surface area contributed by atoms with Gasteiger partial charge in [0.05, 0.1) is 0 Å². The largest absolute Gasteiger partial charge is 0.367 e. The summed E-state index contributed by atoms with van der Waals surface area (Å²) in [5, 5.41) is 11.8. The summed E-state index contributed by atoms with van der Waals surface area (Å²) in [6.07, 6.45) is 4.38. The molecule has 0 spiro atoms. The van der Waals surface area contributed by atoms with Crippen molar-refractivity contribution in [2.45, 2.75) is 18.1 Å². The lowest BCUT2D eigenvalue weighted by Crippen LogP contribution is -2.14. The molecule has 1 N–H and O–H groups in total.